The van der Waals surface area contributed by atoms with Crippen molar-refractivity contribution < 1.29 is 4.74 Å². The highest BCUT2D eigenvalue weighted by Gasteiger charge is 2.22. The number of hydrogen-bond donors (Lipinski definition) is 1. The number of fused-ring (bicyclic) bond motifs is 1. The second-order valence-corrected chi connectivity index (χ2v) is 5.70. The number of nitrogens with two attached hydrogens (primary N) is 1. The van der Waals surface area contributed by atoms with Crippen LogP contribution in [0.5, 0.6) is 5.75 Å². The summed E-state index contributed by atoms with van der Waals surface area (Å²) in [5, 5.41) is 0. The molecule has 1 aromatic carbocycles. The van der Waals surface area contributed by atoms with Crippen LogP contribution in [0, 0.1) is 5.92 Å². The van der Waals surface area contributed by atoms with E-state index in [1.807, 2.05) is 0 Å². The molecule has 94 valence electrons. The molecule has 1 aliphatic rings. The van der Waals surface area contributed by atoms with E-state index in [4.69, 9.17) is 10.5 Å². The number of benzene rings is 1. The lowest BCUT2D eigenvalue weighted by Gasteiger charge is -2.29. The Morgan fingerprint density at radius 2 is 2.18 bits per heavy atom. The minimum atomic E-state index is -0.0739. The molecule has 1 aromatic rings. The molecule has 0 fully saturated rings. The van der Waals surface area contributed by atoms with Crippen LogP contribution < -0.4 is 10.5 Å². The number of aryl methyl sites for hydroxylation is 1. The standard InChI is InChI=1S/C15H23NO/c1-11(2)15(3,16)8-6-12-4-5-14-13(10-12)7-9-17-14/h4-5,10-11H,6-9,16H2,1-3H3. The molecule has 2 N–H and O–H groups in total. The van der Waals surface area contributed by atoms with Gasteiger partial charge in [0, 0.05) is 12.0 Å². The summed E-state index contributed by atoms with van der Waals surface area (Å²) < 4.78 is 5.51. The van der Waals surface area contributed by atoms with Crippen molar-refractivity contribution in [1.82, 2.24) is 0 Å². The normalized spacial score (nSPS) is 17.7. The molecule has 0 bridgehead atoms. The molecule has 0 radical (unpaired) electrons. The highest BCUT2D eigenvalue weighted by atomic mass is 16.5. The minimum Gasteiger partial charge on any atom is -0.493 e. The number of hydrogen-bond acceptors (Lipinski definition) is 2. The Balaban J connectivity index is 2.00. The molecule has 1 aliphatic heterocycles. The molecule has 1 unspecified atom stereocenters. The summed E-state index contributed by atoms with van der Waals surface area (Å²) in [5.41, 5.74) is 8.96. The number of rotatable bonds is 4. The molecule has 2 heteroatoms. The van der Waals surface area contributed by atoms with E-state index in [1.165, 1.54) is 11.1 Å². The van der Waals surface area contributed by atoms with Crippen LogP contribution in [0.2, 0.25) is 0 Å². The Hall–Kier alpha value is -1.02. The van der Waals surface area contributed by atoms with Gasteiger partial charge in [-0.05, 0) is 42.9 Å². The second kappa shape index (κ2) is 4.69. The highest BCUT2D eigenvalue weighted by Crippen LogP contribution is 2.27. The largest absolute Gasteiger partial charge is 0.493 e. The molecule has 0 amide bonds. The predicted octanol–water partition coefficient (Wildman–Crippen LogP) is 2.93. The third-order valence-corrected chi connectivity index (χ3v) is 4.03. The van der Waals surface area contributed by atoms with E-state index in [2.05, 4.69) is 39.0 Å². The summed E-state index contributed by atoms with van der Waals surface area (Å²) in [5.74, 6) is 1.58. The smallest absolute Gasteiger partial charge is 0.122 e. The van der Waals surface area contributed by atoms with Crippen molar-refractivity contribution in [2.24, 2.45) is 11.7 Å². The van der Waals surface area contributed by atoms with E-state index in [9.17, 15) is 0 Å². The van der Waals surface area contributed by atoms with Gasteiger partial charge in [0.15, 0.2) is 0 Å². The Bertz CT molecular complexity index is 396. The van der Waals surface area contributed by atoms with Gasteiger partial charge in [-0.1, -0.05) is 26.0 Å². The highest BCUT2D eigenvalue weighted by molar-refractivity contribution is 5.39. The molecule has 2 nitrogen and oxygen atoms in total. The van der Waals surface area contributed by atoms with Crippen molar-refractivity contribution in [3.8, 4) is 5.75 Å². The van der Waals surface area contributed by atoms with E-state index in [0.717, 1.165) is 31.6 Å². The predicted molar refractivity (Wildman–Crippen MR) is 71.4 cm³/mol. The molecule has 0 aliphatic carbocycles. The molecule has 0 aromatic heterocycles. The van der Waals surface area contributed by atoms with Gasteiger partial charge in [0.2, 0.25) is 0 Å². The summed E-state index contributed by atoms with van der Waals surface area (Å²) in [6.07, 6.45) is 3.13. The molecule has 1 heterocycles. The van der Waals surface area contributed by atoms with Crippen molar-refractivity contribution in [3.05, 3.63) is 29.3 Å². The van der Waals surface area contributed by atoms with Gasteiger partial charge in [-0.2, -0.15) is 0 Å². The fourth-order valence-electron chi connectivity index (χ4n) is 2.10. The zero-order valence-corrected chi connectivity index (χ0v) is 11.1. The Labute approximate surface area is 104 Å². The fourth-order valence-corrected chi connectivity index (χ4v) is 2.10. The van der Waals surface area contributed by atoms with E-state index >= 15 is 0 Å². The molecule has 17 heavy (non-hydrogen) atoms. The summed E-state index contributed by atoms with van der Waals surface area (Å²) in [6.45, 7) is 7.36. The Morgan fingerprint density at radius 3 is 2.88 bits per heavy atom. The average molecular weight is 233 g/mol. The van der Waals surface area contributed by atoms with Crippen LogP contribution >= 0.6 is 0 Å². The lowest BCUT2D eigenvalue weighted by molar-refractivity contribution is 0.317. The summed E-state index contributed by atoms with van der Waals surface area (Å²) in [7, 11) is 0. The topological polar surface area (TPSA) is 35.2 Å². The van der Waals surface area contributed by atoms with Crippen LogP contribution in [-0.2, 0) is 12.8 Å². The summed E-state index contributed by atoms with van der Waals surface area (Å²) in [4.78, 5) is 0. The molecular weight excluding hydrogens is 210 g/mol. The van der Waals surface area contributed by atoms with E-state index in [0.29, 0.717) is 5.92 Å². The Morgan fingerprint density at radius 1 is 1.41 bits per heavy atom. The maximum Gasteiger partial charge on any atom is 0.122 e. The zero-order valence-electron chi connectivity index (χ0n) is 11.1. The summed E-state index contributed by atoms with van der Waals surface area (Å²) >= 11 is 0. The van der Waals surface area contributed by atoms with Crippen molar-refractivity contribution in [2.75, 3.05) is 6.61 Å². The maximum atomic E-state index is 6.30. The van der Waals surface area contributed by atoms with Gasteiger partial charge in [0.05, 0.1) is 6.61 Å². The van der Waals surface area contributed by atoms with Gasteiger partial charge in [-0.15, -0.1) is 0 Å². The average Bonchev–Trinajstić information content (AvgIpc) is 2.73. The first kappa shape index (κ1) is 12.4. The van der Waals surface area contributed by atoms with Gasteiger partial charge < -0.3 is 10.5 Å². The van der Waals surface area contributed by atoms with Crippen molar-refractivity contribution >= 4 is 0 Å². The lowest BCUT2D eigenvalue weighted by Crippen LogP contribution is -2.42. The van der Waals surface area contributed by atoms with Crippen molar-refractivity contribution in [2.45, 2.75) is 45.6 Å². The molecule has 0 saturated carbocycles. The Kier molecular flexibility index (Phi) is 3.43. The lowest BCUT2D eigenvalue weighted by atomic mass is 9.84. The maximum absolute atomic E-state index is 6.30. The fraction of sp³-hybridized carbons (Fsp3) is 0.600. The molecule has 2 rings (SSSR count). The molecular formula is C15H23NO. The first-order valence-corrected chi connectivity index (χ1v) is 6.52. The summed E-state index contributed by atoms with van der Waals surface area (Å²) in [6, 6.07) is 6.54. The van der Waals surface area contributed by atoms with Crippen molar-refractivity contribution in [1.29, 1.82) is 0 Å². The number of ether oxygens (including phenoxy) is 1. The zero-order chi connectivity index (χ0) is 12.5. The van der Waals surface area contributed by atoms with Crippen LogP contribution in [0.4, 0.5) is 0 Å². The van der Waals surface area contributed by atoms with Gasteiger partial charge >= 0.3 is 0 Å². The van der Waals surface area contributed by atoms with Gasteiger partial charge in [0.1, 0.15) is 5.75 Å². The van der Waals surface area contributed by atoms with Crippen LogP contribution in [0.1, 0.15) is 38.3 Å². The van der Waals surface area contributed by atoms with Crippen LogP contribution in [0.15, 0.2) is 18.2 Å². The molecule has 0 saturated heterocycles. The molecule has 1 atom stereocenters. The van der Waals surface area contributed by atoms with E-state index < -0.39 is 0 Å². The van der Waals surface area contributed by atoms with Crippen molar-refractivity contribution in [3.63, 3.8) is 0 Å². The van der Waals surface area contributed by atoms with Crippen LogP contribution in [0.25, 0.3) is 0 Å². The second-order valence-electron chi connectivity index (χ2n) is 5.70. The first-order valence-electron chi connectivity index (χ1n) is 6.52. The monoisotopic (exact) mass is 233 g/mol. The van der Waals surface area contributed by atoms with Crippen LogP contribution in [0.3, 0.4) is 0 Å². The first-order chi connectivity index (χ1) is 7.99. The van der Waals surface area contributed by atoms with Crippen LogP contribution in [-0.4, -0.2) is 12.1 Å². The SMILES string of the molecule is CC(C)C(C)(N)CCc1ccc2c(c1)CCO2. The third kappa shape index (κ3) is 2.81. The van der Waals surface area contributed by atoms with Gasteiger partial charge in [0.25, 0.3) is 0 Å². The third-order valence-electron chi connectivity index (χ3n) is 4.03. The van der Waals surface area contributed by atoms with Gasteiger partial charge in [-0.25, -0.2) is 0 Å². The quantitative estimate of drug-likeness (QED) is 0.868. The van der Waals surface area contributed by atoms with E-state index in [1.54, 1.807) is 0 Å². The molecule has 0 spiro atoms. The minimum absolute atomic E-state index is 0.0739. The van der Waals surface area contributed by atoms with E-state index in [-0.39, 0.29) is 5.54 Å². The van der Waals surface area contributed by atoms with Gasteiger partial charge in [-0.3, -0.25) is 0 Å².